The molecular formula is C22H22N2O6. The highest BCUT2D eigenvalue weighted by atomic mass is 16.5. The molecule has 0 saturated heterocycles. The normalized spacial score (nSPS) is 13.6. The molecule has 0 aromatic heterocycles. The van der Waals surface area contributed by atoms with Crippen LogP contribution < -0.4 is 10.1 Å². The number of nitrogens with zero attached hydrogens (tertiary/aromatic N) is 1. The Labute approximate surface area is 173 Å². The molecule has 0 fully saturated rings. The van der Waals surface area contributed by atoms with E-state index < -0.39 is 18.0 Å². The molecule has 1 aliphatic rings. The van der Waals surface area contributed by atoms with E-state index >= 15 is 0 Å². The molecule has 1 aliphatic heterocycles. The highest BCUT2D eigenvalue weighted by molar-refractivity contribution is 6.21. The molecule has 8 heteroatoms. The third kappa shape index (κ3) is 4.03. The van der Waals surface area contributed by atoms with E-state index in [1.165, 1.54) is 20.1 Å². The maximum Gasteiger partial charge on any atom is 0.342 e. The SMILES string of the molecule is CCNC(=O)[C@H](C)OC(=O)c1cc(CN2C(=O)c3ccccc3C2=O)ccc1OC. The van der Waals surface area contributed by atoms with Crippen LogP contribution in [0.15, 0.2) is 42.5 Å². The molecule has 3 amide bonds. The van der Waals surface area contributed by atoms with Crippen LogP contribution in [0.5, 0.6) is 5.75 Å². The standard InChI is InChI=1S/C22H22N2O6/c1-4-23-19(25)13(2)30-22(28)17-11-14(9-10-18(17)29-3)12-24-20(26)15-7-5-6-8-16(15)21(24)27/h5-11,13H,4,12H2,1-3H3,(H,23,25)/t13-/m0/s1. The lowest BCUT2D eigenvalue weighted by atomic mass is 10.1. The van der Waals surface area contributed by atoms with Gasteiger partial charge in [-0.3, -0.25) is 19.3 Å². The van der Waals surface area contributed by atoms with E-state index in [9.17, 15) is 19.2 Å². The van der Waals surface area contributed by atoms with Gasteiger partial charge >= 0.3 is 5.97 Å². The fourth-order valence-corrected chi connectivity index (χ4v) is 3.17. The molecule has 2 aromatic carbocycles. The second-order valence-corrected chi connectivity index (χ2v) is 6.72. The maximum absolute atomic E-state index is 12.6. The van der Waals surface area contributed by atoms with Crippen LogP contribution in [0.1, 0.15) is 50.5 Å². The first-order valence-corrected chi connectivity index (χ1v) is 9.48. The molecule has 3 rings (SSSR count). The van der Waals surface area contributed by atoms with Gasteiger partial charge in [0, 0.05) is 6.54 Å². The summed E-state index contributed by atoms with van der Waals surface area (Å²) in [7, 11) is 1.41. The van der Waals surface area contributed by atoms with Gasteiger partial charge in [0.2, 0.25) is 0 Å². The number of carbonyl (C=O) groups excluding carboxylic acids is 4. The second-order valence-electron chi connectivity index (χ2n) is 6.72. The number of methoxy groups -OCH3 is 1. The number of esters is 1. The van der Waals surface area contributed by atoms with Gasteiger partial charge in [-0.2, -0.15) is 0 Å². The third-order valence-corrected chi connectivity index (χ3v) is 4.71. The van der Waals surface area contributed by atoms with Gasteiger partial charge in [-0.15, -0.1) is 0 Å². The van der Waals surface area contributed by atoms with E-state index in [0.717, 1.165) is 4.90 Å². The molecular weight excluding hydrogens is 388 g/mol. The Morgan fingerprint density at radius 3 is 2.27 bits per heavy atom. The topological polar surface area (TPSA) is 102 Å². The molecule has 1 N–H and O–H groups in total. The second kappa shape index (κ2) is 8.77. The first kappa shape index (κ1) is 21.0. The van der Waals surface area contributed by atoms with E-state index in [2.05, 4.69) is 5.32 Å². The molecule has 0 spiro atoms. The van der Waals surface area contributed by atoms with Crippen LogP contribution in [0.25, 0.3) is 0 Å². The summed E-state index contributed by atoms with van der Waals surface area (Å²) in [4.78, 5) is 50.7. The molecule has 2 aromatic rings. The number of fused-ring (bicyclic) bond motifs is 1. The van der Waals surface area contributed by atoms with Crippen molar-refractivity contribution in [3.8, 4) is 5.75 Å². The lowest BCUT2D eigenvalue weighted by Gasteiger charge is -2.17. The highest BCUT2D eigenvalue weighted by Crippen LogP contribution is 2.27. The Kier molecular flexibility index (Phi) is 6.15. The molecule has 0 aliphatic carbocycles. The third-order valence-electron chi connectivity index (χ3n) is 4.71. The van der Waals surface area contributed by atoms with E-state index in [4.69, 9.17) is 9.47 Å². The van der Waals surface area contributed by atoms with Crippen LogP contribution in [-0.2, 0) is 16.1 Å². The van der Waals surface area contributed by atoms with Crippen molar-refractivity contribution in [2.24, 2.45) is 0 Å². The zero-order chi connectivity index (χ0) is 21.8. The highest BCUT2D eigenvalue weighted by Gasteiger charge is 2.35. The van der Waals surface area contributed by atoms with Crippen LogP contribution in [0.2, 0.25) is 0 Å². The van der Waals surface area contributed by atoms with Gasteiger partial charge < -0.3 is 14.8 Å². The van der Waals surface area contributed by atoms with Crippen LogP contribution in [0.4, 0.5) is 0 Å². The predicted octanol–water partition coefficient (Wildman–Crippen LogP) is 2.17. The summed E-state index contributed by atoms with van der Waals surface area (Å²) in [5.74, 6) is -1.67. The van der Waals surface area contributed by atoms with Crippen molar-refractivity contribution in [2.45, 2.75) is 26.5 Å². The number of rotatable bonds is 7. The number of benzene rings is 2. The Bertz CT molecular complexity index is 981. The Balaban J connectivity index is 1.81. The van der Waals surface area contributed by atoms with Gasteiger partial charge in [0.15, 0.2) is 6.10 Å². The lowest BCUT2D eigenvalue weighted by Crippen LogP contribution is -2.35. The molecule has 30 heavy (non-hydrogen) atoms. The minimum Gasteiger partial charge on any atom is -0.496 e. The molecule has 0 bridgehead atoms. The fraction of sp³-hybridized carbons (Fsp3) is 0.273. The minimum atomic E-state index is -0.984. The summed E-state index contributed by atoms with van der Waals surface area (Å²) in [6, 6.07) is 11.3. The van der Waals surface area contributed by atoms with Crippen molar-refractivity contribution in [1.29, 1.82) is 0 Å². The number of hydrogen-bond acceptors (Lipinski definition) is 6. The smallest absolute Gasteiger partial charge is 0.342 e. The number of imide groups is 1. The predicted molar refractivity (Wildman–Crippen MR) is 107 cm³/mol. The Hall–Kier alpha value is -3.68. The summed E-state index contributed by atoms with van der Waals surface area (Å²) >= 11 is 0. The average molecular weight is 410 g/mol. The fourth-order valence-electron chi connectivity index (χ4n) is 3.17. The molecule has 0 radical (unpaired) electrons. The largest absolute Gasteiger partial charge is 0.496 e. The minimum absolute atomic E-state index is 0.0114. The van der Waals surface area contributed by atoms with Crippen LogP contribution in [-0.4, -0.2) is 48.3 Å². The number of hydrogen-bond donors (Lipinski definition) is 1. The van der Waals surface area contributed by atoms with Gasteiger partial charge in [-0.25, -0.2) is 4.79 Å². The van der Waals surface area contributed by atoms with Gasteiger partial charge in [0.25, 0.3) is 17.7 Å². The van der Waals surface area contributed by atoms with Crippen LogP contribution in [0.3, 0.4) is 0 Å². The van der Waals surface area contributed by atoms with Crippen molar-refractivity contribution < 1.29 is 28.7 Å². The van der Waals surface area contributed by atoms with Crippen LogP contribution in [0, 0.1) is 0 Å². The molecule has 1 atom stereocenters. The van der Waals surface area contributed by atoms with E-state index in [1.807, 2.05) is 0 Å². The van der Waals surface area contributed by atoms with Crippen molar-refractivity contribution in [3.05, 3.63) is 64.7 Å². The number of ether oxygens (including phenoxy) is 2. The van der Waals surface area contributed by atoms with E-state index in [0.29, 0.717) is 23.2 Å². The van der Waals surface area contributed by atoms with Gasteiger partial charge in [-0.05, 0) is 43.7 Å². The zero-order valence-corrected chi connectivity index (χ0v) is 16.9. The van der Waals surface area contributed by atoms with Crippen molar-refractivity contribution in [1.82, 2.24) is 10.2 Å². The molecule has 8 nitrogen and oxygen atoms in total. The number of nitrogens with one attached hydrogen (secondary N) is 1. The van der Waals surface area contributed by atoms with Crippen molar-refractivity contribution in [2.75, 3.05) is 13.7 Å². The Morgan fingerprint density at radius 2 is 1.70 bits per heavy atom. The zero-order valence-electron chi connectivity index (χ0n) is 16.9. The molecule has 1 heterocycles. The number of likely N-dealkylation sites (N-methyl/N-ethyl adjacent to an activating group) is 1. The van der Waals surface area contributed by atoms with Gasteiger partial charge in [0.1, 0.15) is 11.3 Å². The average Bonchev–Trinajstić information content (AvgIpc) is 2.99. The first-order valence-electron chi connectivity index (χ1n) is 9.48. The first-order chi connectivity index (χ1) is 14.4. The van der Waals surface area contributed by atoms with Gasteiger partial charge in [-0.1, -0.05) is 18.2 Å². The van der Waals surface area contributed by atoms with E-state index in [1.54, 1.807) is 43.3 Å². The summed E-state index contributed by atoms with van der Waals surface area (Å²) in [6.45, 7) is 3.64. The molecule has 0 saturated carbocycles. The molecule has 156 valence electrons. The summed E-state index contributed by atoms with van der Waals surface area (Å²) < 4.78 is 10.5. The Morgan fingerprint density at radius 1 is 1.07 bits per heavy atom. The lowest BCUT2D eigenvalue weighted by molar-refractivity contribution is -0.128. The monoisotopic (exact) mass is 410 g/mol. The number of amides is 3. The molecule has 0 unspecified atom stereocenters. The maximum atomic E-state index is 12.6. The van der Waals surface area contributed by atoms with Crippen LogP contribution >= 0.6 is 0 Å². The van der Waals surface area contributed by atoms with E-state index in [-0.39, 0.29) is 29.7 Å². The quantitative estimate of drug-likeness (QED) is 0.554. The van der Waals surface area contributed by atoms with Gasteiger partial charge in [0.05, 0.1) is 24.8 Å². The van der Waals surface area contributed by atoms with Crippen molar-refractivity contribution in [3.63, 3.8) is 0 Å². The summed E-state index contributed by atoms with van der Waals surface area (Å²) in [5, 5.41) is 2.58. The summed E-state index contributed by atoms with van der Waals surface area (Å²) in [5.41, 5.74) is 1.35. The van der Waals surface area contributed by atoms with Crippen molar-refractivity contribution >= 4 is 23.7 Å². The summed E-state index contributed by atoms with van der Waals surface area (Å²) in [6.07, 6.45) is -0.984. The number of carbonyl (C=O) groups is 4.